The van der Waals surface area contributed by atoms with Crippen molar-refractivity contribution in [2.24, 2.45) is 5.92 Å². The summed E-state index contributed by atoms with van der Waals surface area (Å²) in [6.45, 7) is 5.93. The maximum absolute atomic E-state index is 13.6. The second kappa shape index (κ2) is 7.36. The fraction of sp³-hybridized carbons (Fsp3) is 0.154. The molecule has 0 N–H and O–H groups in total. The molecule has 3 aromatic rings. The van der Waals surface area contributed by atoms with Gasteiger partial charge in [0.05, 0.1) is 0 Å². The van der Waals surface area contributed by atoms with E-state index in [9.17, 15) is 4.39 Å². The van der Waals surface area contributed by atoms with Crippen molar-refractivity contribution in [3.8, 4) is 0 Å². The maximum Gasteiger partial charge on any atom is 0.121 e. The van der Waals surface area contributed by atoms with Gasteiger partial charge in [0.1, 0.15) is 5.83 Å². The molecule has 0 aromatic heterocycles. The van der Waals surface area contributed by atoms with E-state index >= 15 is 0 Å². The Balaban J connectivity index is 1.82. The Labute approximate surface area is 160 Å². The average Bonchev–Trinajstić information content (AvgIpc) is 2.70. The van der Waals surface area contributed by atoms with E-state index in [1.807, 2.05) is 19.1 Å². The Morgan fingerprint density at radius 3 is 2.30 bits per heavy atom. The van der Waals surface area contributed by atoms with Crippen LogP contribution in [-0.2, 0) is 0 Å². The molecule has 0 saturated heterocycles. The third-order valence-electron chi connectivity index (χ3n) is 5.38. The van der Waals surface area contributed by atoms with E-state index in [2.05, 4.69) is 67.3 Å². The number of fused-ring (bicyclic) bond motifs is 2. The van der Waals surface area contributed by atoms with Crippen molar-refractivity contribution in [2.45, 2.75) is 19.8 Å². The largest absolute Gasteiger partial charge is 0.207 e. The zero-order valence-corrected chi connectivity index (χ0v) is 15.6. The molecule has 1 unspecified atom stereocenters. The Morgan fingerprint density at radius 2 is 1.70 bits per heavy atom. The summed E-state index contributed by atoms with van der Waals surface area (Å²) in [7, 11) is 0. The highest BCUT2D eigenvalue weighted by Crippen LogP contribution is 2.35. The van der Waals surface area contributed by atoms with E-state index in [1.54, 1.807) is 6.08 Å². The number of hydrogen-bond acceptors (Lipinski definition) is 0. The van der Waals surface area contributed by atoms with Gasteiger partial charge in [-0.3, -0.25) is 0 Å². The molecule has 27 heavy (non-hydrogen) atoms. The molecule has 0 saturated carbocycles. The van der Waals surface area contributed by atoms with Crippen LogP contribution in [0.4, 0.5) is 4.39 Å². The molecule has 134 valence electrons. The smallest absolute Gasteiger partial charge is 0.121 e. The van der Waals surface area contributed by atoms with Crippen molar-refractivity contribution >= 4 is 27.1 Å². The number of benzene rings is 3. The van der Waals surface area contributed by atoms with Crippen LogP contribution < -0.4 is 0 Å². The third-order valence-corrected chi connectivity index (χ3v) is 5.38. The molecule has 1 heteroatoms. The molecule has 1 aliphatic rings. The Hall–Kier alpha value is -2.93. The maximum atomic E-state index is 13.6. The van der Waals surface area contributed by atoms with Gasteiger partial charge < -0.3 is 0 Å². The molecule has 1 aliphatic carbocycles. The Morgan fingerprint density at radius 1 is 1.07 bits per heavy atom. The number of allylic oxidation sites excluding steroid dienone is 7. The summed E-state index contributed by atoms with van der Waals surface area (Å²) in [6.07, 6.45) is 9.58. The van der Waals surface area contributed by atoms with Crippen LogP contribution >= 0.6 is 0 Å². The first-order valence-electron chi connectivity index (χ1n) is 9.45. The van der Waals surface area contributed by atoms with Gasteiger partial charge >= 0.3 is 0 Å². The lowest BCUT2D eigenvalue weighted by molar-refractivity contribution is 0.588. The average molecular weight is 354 g/mol. The van der Waals surface area contributed by atoms with E-state index in [0.717, 1.165) is 24.0 Å². The van der Waals surface area contributed by atoms with Crippen LogP contribution in [0, 0.1) is 5.92 Å². The van der Waals surface area contributed by atoms with Gasteiger partial charge in [-0.1, -0.05) is 73.3 Å². The van der Waals surface area contributed by atoms with Crippen molar-refractivity contribution < 1.29 is 4.39 Å². The van der Waals surface area contributed by atoms with Crippen molar-refractivity contribution in [3.63, 3.8) is 0 Å². The van der Waals surface area contributed by atoms with Crippen LogP contribution in [-0.4, -0.2) is 0 Å². The SMILES string of the molecule is C=C/C(=C\CC1C=C(C)C(F)=CC1)c1c2ccccc2cc2ccccc12. The van der Waals surface area contributed by atoms with E-state index in [-0.39, 0.29) is 5.83 Å². The standard InChI is InChI=1S/C26H23F/c1-3-20(14-12-19-13-15-25(27)18(2)16-19)26-23-10-6-4-8-21(23)17-22-9-5-7-11-24(22)26/h3-11,14-17,19H,1,12-13H2,2H3/b20-14+. The molecule has 0 amide bonds. The molecular weight excluding hydrogens is 331 g/mol. The summed E-state index contributed by atoms with van der Waals surface area (Å²) in [5.74, 6) is 0.250. The highest BCUT2D eigenvalue weighted by atomic mass is 19.1. The molecule has 0 spiro atoms. The number of halogens is 1. The molecule has 0 heterocycles. The van der Waals surface area contributed by atoms with Crippen molar-refractivity contribution in [3.05, 3.63) is 102 Å². The minimum absolute atomic E-state index is 0.0841. The second-order valence-corrected chi connectivity index (χ2v) is 7.19. The van der Waals surface area contributed by atoms with Crippen LogP contribution in [0.3, 0.4) is 0 Å². The summed E-state index contributed by atoms with van der Waals surface area (Å²) < 4.78 is 13.6. The highest BCUT2D eigenvalue weighted by molar-refractivity contribution is 6.10. The van der Waals surface area contributed by atoms with Crippen molar-refractivity contribution in [2.75, 3.05) is 0 Å². The van der Waals surface area contributed by atoms with E-state index in [4.69, 9.17) is 0 Å². The molecule has 0 radical (unpaired) electrons. The molecular formula is C26H23F. The number of hydrogen-bond donors (Lipinski definition) is 0. The molecule has 1 atom stereocenters. The van der Waals surface area contributed by atoms with Crippen LogP contribution in [0.1, 0.15) is 25.3 Å². The van der Waals surface area contributed by atoms with Gasteiger partial charge in [0, 0.05) is 0 Å². The summed E-state index contributed by atoms with van der Waals surface area (Å²) in [5, 5.41) is 4.95. The Bertz CT molecular complexity index is 1060. The molecule has 3 aromatic carbocycles. The zero-order chi connectivity index (χ0) is 18.8. The van der Waals surface area contributed by atoms with Gasteiger partial charge in [-0.05, 0) is 76.1 Å². The van der Waals surface area contributed by atoms with Crippen molar-refractivity contribution in [1.29, 1.82) is 0 Å². The topological polar surface area (TPSA) is 0 Å². The van der Waals surface area contributed by atoms with E-state index < -0.39 is 0 Å². The Kier molecular flexibility index (Phi) is 4.77. The summed E-state index contributed by atoms with van der Waals surface area (Å²) in [6, 6.07) is 19.2. The van der Waals surface area contributed by atoms with Crippen LogP contribution in [0.25, 0.3) is 27.1 Å². The van der Waals surface area contributed by atoms with E-state index in [1.165, 1.54) is 27.1 Å². The van der Waals surface area contributed by atoms with E-state index in [0.29, 0.717) is 5.92 Å². The molecule has 0 fully saturated rings. The van der Waals surface area contributed by atoms with Crippen LogP contribution in [0.5, 0.6) is 0 Å². The third kappa shape index (κ3) is 3.38. The minimum Gasteiger partial charge on any atom is -0.207 e. The molecule has 0 aliphatic heterocycles. The minimum atomic E-state index is -0.0841. The molecule has 0 bridgehead atoms. The van der Waals surface area contributed by atoms with Gasteiger partial charge in [0.2, 0.25) is 0 Å². The normalized spacial score (nSPS) is 17.7. The molecule has 4 rings (SSSR count). The lowest BCUT2D eigenvalue weighted by Gasteiger charge is -2.16. The zero-order valence-electron chi connectivity index (χ0n) is 15.6. The fourth-order valence-electron chi connectivity index (χ4n) is 3.97. The molecule has 0 nitrogen and oxygen atoms in total. The van der Waals surface area contributed by atoms with Crippen molar-refractivity contribution in [1.82, 2.24) is 0 Å². The highest BCUT2D eigenvalue weighted by Gasteiger charge is 2.14. The quantitative estimate of drug-likeness (QED) is 0.331. The first-order chi connectivity index (χ1) is 13.2. The lowest BCUT2D eigenvalue weighted by atomic mass is 9.88. The van der Waals surface area contributed by atoms with Gasteiger partial charge in [-0.25, -0.2) is 4.39 Å². The predicted octanol–water partition coefficient (Wildman–Crippen LogP) is 7.77. The van der Waals surface area contributed by atoms with Gasteiger partial charge in [0.25, 0.3) is 0 Å². The lowest BCUT2D eigenvalue weighted by Crippen LogP contribution is -2.01. The second-order valence-electron chi connectivity index (χ2n) is 7.19. The first-order valence-corrected chi connectivity index (χ1v) is 9.45. The predicted molar refractivity (Wildman–Crippen MR) is 115 cm³/mol. The monoisotopic (exact) mass is 354 g/mol. The summed E-state index contributed by atoms with van der Waals surface area (Å²) in [4.78, 5) is 0. The van der Waals surface area contributed by atoms with Gasteiger partial charge in [-0.15, -0.1) is 0 Å². The van der Waals surface area contributed by atoms with Crippen LogP contribution in [0.2, 0.25) is 0 Å². The number of rotatable bonds is 4. The van der Waals surface area contributed by atoms with Crippen LogP contribution in [0.15, 0.2) is 96.9 Å². The van der Waals surface area contributed by atoms with Gasteiger partial charge in [-0.2, -0.15) is 0 Å². The van der Waals surface area contributed by atoms with Gasteiger partial charge in [0.15, 0.2) is 0 Å². The summed E-state index contributed by atoms with van der Waals surface area (Å²) >= 11 is 0. The summed E-state index contributed by atoms with van der Waals surface area (Å²) in [5.41, 5.74) is 3.12. The fourth-order valence-corrected chi connectivity index (χ4v) is 3.97. The first kappa shape index (κ1) is 17.5.